The molecule has 4 heteroatoms. The zero-order chi connectivity index (χ0) is 21.6. The van der Waals surface area contributed by atoms with E-state index < -0.39 is 0 Å². The van der Waals surface area contributed by atoms with Gasteiger partial charge in [-0.15, -0.1) is 0 Å². The number of carbonyl (C=O) groups is 2. The molecule has 1 N–H and O–H groups in total. The molecule has 4 rings (SSSR count). The molecule has 0 aromatic heterocycles. The Hall–Kier alpha value is -3.40. The van der Waals surface area contributed by atoms with Crippen LogP contribution in [-0.4, -0.2) is 23.3 Å². The average Bonchev–Trinajstić information content (AvgIpc) is 3.19. The average molecular weight is 413 g/mol. The minimum atomic E-state index is 0.0179. The van der Waals surface area contributed by atoms with Crippen molar-refractivity contribution in [1.29, 1.82) is 0 Å². The molecule has 1 fully saturated rings. The smallest absolute Gasteiger partial charge is 0.224 e. The molecular formula is C27H28N2O2. The first-order valence-electron chi connectivity index (χ1n) is 10.9. The molecule has 3 aromatic rings. The van der Waals surface area contributed by atoms with Gasteiger partial charge in [0.25, 0.3) is 0 Å². The zero-order valence-electron chi connectivity index (χ0n) is 17.9. The van der Waals surface area contributed by atoms with Crippen molar-refractivity contribution in [3.05, 3.63) is 95.1 Å². The zero-order valence-corrected chi connectivity index (χ0v) is 17.9. The second kappa shape index (κ2) is 9.61. The number of carbonyl (C=O) groups excluding carboxylic acids is 2. The summed E-state index contributed by atoms with van der Waals surface area (Å²) in [5.74, 6) is 0.264. The van der Waals surface area contributed by atoms with Crippen molar-refractivity contribution in [2.75, 3.05) is 6.54 Å². The molecule has 1 aliphatic heterocycles. The van der Waals surface area contributed by atoms with Gasteiger partial charge in [-0.3, -0.25) is 9.59 Å². The Morgan fingerprint density at radius 2 is 1.65 bits per heavy atom. The number of nitrogens with one attached hydrogen (secondary N) is 1. The number of rotatable bonds is 7. The summed E-state index contributed by atoms with van der Waals surface area (Å²) >= 11 is 0. The molecule has 2 amide bonds. The van der Waals surface area contributed by atoms with Crippen LogP contribution in [-0.2, 0) is 29.1 Å². The van der Waals surface area contributed by atoms with Crippen LogP contribution in [0, 0.1) is 6.92 Å². The Kier molecular flexibility index (Phi) is 6.46. The van der Waals surface area contributed by atoms with Crippen molar-refractivity contribution in [2.45, 2.75) is 39.3 Å². The predicted molar refractivity (Wildman–Crippen MR) is 123 cm³/mol. The van der Waals surface area contributed by atoms with Crippen LogP contribution in [0.15, 0.2) is 72.8 Å². The van der Waals surface area contributed by atoms with E-state index in [0.717, 1.165) is 40.8 Å². The number of likely N-dealkylation sites (tertiary alicyclic amines) is 1. The van der Waals surface area contributed by atoms with Gasteiger partial charge in [-0.25, -0.2) is 0 Å². The fraction of sp³-hybridized carbons (Fsp3) is 0.259. The lowest BCUT2D eigenvalue weighted by molar-refractivity contribution is -0.128. The van der Waals surface area contributed by atoms with E-state index >= 15 is 0 Å². The number of hydrogen-bond donors (Lipinski definition) is 1. The first kappa shape index (κ1) is 20.9. The Morgan fingerprint density at radius 3 is 2.35 bits per heavy atom. The molecule has 0 spiro atoms. The van der Waals surface area contributed by atoms with E-state index in [0.29, 0.717) is 25.9 Å². The van der Waals surface area contributed by atoms with Gasteiger partial charge in [0.2, 0.25) is 11.8 Å². The molecule has 0 bridgehead atoms. The molecule has 3 aromatic carbocycles. The van der Waals surface area contributed by atoms with Crippen LogP contribution in [0.1, 0.15) is 35.1 Å². The largest absolute Gasteiger partial charge is 0.352 e. The fourth-order valence-electron chi connectivity index (χ4n) is 3.99. The number of nitrogens with zero attached hydrogens (tertiary/aromatic N) is 1. The highest BCUT2D eigenvalue weighted by Gasteiger charge is 2.19. The number of amides is 2. The van der Waals surface area contributed by atoms with Crippen molar-refractivity contribution >= 4 is 11.8 Å². The molecule has 158 valence electrons. The van der Waals surface area contributed by atoms with Crippen LogP contribution in [0.5, 0.6) is 0 Å². The van der Waals surface area contributed by atoms with Crippen LogP contribution >= 0.6 is 0 Å². The Bertz CT molecular complexity index is 1060. The number of hydrogen-bond acceptors (Lipinski definition) is 2. The summed E-state index contributed by atoms with van der Waals surface area (Å²) in [6.45, 7) is 4.06. The van der Waals surface area contributed by atoms with Gasteiger partial charge in [-0.05, 0) is 41.2 Å². The van der Waals surface area contributed by atoms with Gasteiger partial charge in [-0.1, -0.05) is 78.4 Å². The summed E-state index contributed by atoms with van der Waals surface area (Å²) in [5.41, 5.74) is 6.66. The van der Waals surface area contributed by atoms with Crippen LogP contribution < -0.4 is 5.32 Å². The molecule has 0 radical (unpaired) electrons. The highest BCUT2D eigenvalue weighted by molar-refractivity contribution is 5.79. The van der Waals surface area contributed by atoms with Crippen molar-refractivity contribution < 1.29 is 9.59 Å². The Balaban J connectivity index is 1.40. The topological polar surface area (TPSA) is 49.4 Å². The maximum atomic E-state index is 12.4. The normalized spacial score (nSPS) is 13.5. The maximum Gasteiger partial charge on any atom is 0.224 e. The van der Waals surface area contributed by atoms with Crippen molar-refractivity contribution in [1.82, 2.24) is 10.2 Å². The van der Waals surface area contributed by atoms with Gasteiger partial charge >= 0.3 is 0 Å². The quantitative estimate of drug-likeness (QED) is 0.614. The molecule has 0 saturated carbocycles. The van der Waals surface area contributed by atoms with Crippen molar-refractivity contribution in [2.24, 2.45) is 0 Å². The minimum absolute atomic E-state index is 0.0179. The molecule has 4 nitrogen and oxygen atoms in total. The molecule has 1 aliphatic rings. The molecule has 0 atom stereocenters. The van der Waals surface area contributed by atoms with Crippen LogP contribution in [0.25, 0.3) is 11.1 Å². The lowest BCUT2D eigenvalue weighted by Gasteiger charge is -2.16. The minimum Gasteiger partial charge on any atom is -0.352 e. The second-order valence-corrected chi connectivity index (χ2v) is 8.21. The van der Waals surface area contributed by atoms with E-state index in [9.17, 15) is 9.59 Å². The van der Waals surface area contributed by atoms with E-state index in [1.165, 1.54) is 5.56 Å². The Labute approximate surface area is 183 Å². The SMILES string of the molecule is Cc1ccc(CC(=O)NCc2ccccc2-c2ccc(CN3CCCC3=O)cc2)cc1. The van der Waals surface area contributed by atoms with Crippen LogP contribution in [0.3, 0.4) is 0 Å². The molecule has 1 saturated heterocycles. The molecule has 1 heterocycles. The summed E-state index contributed by atoms with van der Waals surface area (Å²) in [7, 11) is 0. The summed E-state index contributed by atoms with van der Waals surface area (Å²) in [6.07, 6.45) is 2.01. The molecule has 31 heavy (non-hydrogen) atoms. The third-order valence-corrected chi connectivity index (χ3v) is 5.79. The number of benzene rings is 3. The van der Waals surface area contributed by atoms with E-state index in [1.807, 2.05) is 48.2 Å². The van der Waals surface area contributed by atoms with Crippen molar-refractivity contribution in [3.8, 4) is 11.1 Å². The first-order chi connectivity index (χ1) is 15.1. The van der Waals surface area contributed by atoms with Crippen LogP contribution in [0.2, 0.25) is 0 Å². The van der Waals surface area contributed by atoms with E-state index in [-0.39, 0.29) is 11.8 Å². The third kappa shape index (κ3) is 5.40. The van der Waals surface area contributed by atoms with Gasteiger partial charge in [-0.2, -0.15) is 0 Å². The monoisotopic (exact) mass is 412 g/mol. The van der Waals surface area contributed by atoms with E-state index in [4.69, 9.17) is 0 Å². The molecule has 0 aliphatic carbocycles. The highest BCUT2D eigenvalue weighted by Crippen LogP contribution is 2.25. The summed E-state index contributed by atoms with van der Waals surface area (Å²) in [6, 6.07) is 24.6. The first-order valence-corrected chi connectivity index (χ1v) is 10.9. The van der Waals surface area contributed by atoms with Crippen molar-refractivity contribution in [3.63, 3.8) is 0 Å². The summed E-state index contributed by atoms with van der Waals surface area (Å²) in [4.78, 5) is 26.2. The third-order valence-electron chi connectivity index (χ3n) is 5.79. The fourth-order valence-corrected chi connectivity index (χ4v) is 3.99. The molecular weight excluding hydrogens is 384 g/mol. The standard InChI is InChI=1S/C27H28N2O2/c1-20-8-10-21(11-9-20)17-26(30)28-18-24-5-2-3-6-25(24)23-14-12-22(13-15-23)19-29-16-4-7-27(29)31/h2-3,5-6,8-15H,4,7,16-19H2,1H3,(H,28,30). The van der Waals surface area contributed by atoms with Gasteiger partial charge in [0.05, 0.1) is 6.42 Å². The van der Waals surface area contributed by atoms with E-state index in [2.05, 4.69) is 41.7 Å². The van der Waals surface area contributed by atoms with Crippen LogP contribution in [0.4, 0.5) is 0 Å². The van der Waals surface area contributed by atoms with Gasteiger partial charge < -0.3 is 10.2 Å². The highest BCUT2D eigenvalue weighted by atomic mass is 16.2. The lowest BCUT2D eigenvalue weighted by Crippen LogP contribution is -2.24. The summed E-state index contributed by atoms with van der Waals surface area (Å²) in [5, 5.41) is 3.05. The maximum absolute atomic E-state index is 12.4. The lowest BCUT2D eigenvalue weighted by atomic mass is 9.98. The van der Waals surface area contributed by atoms with E-state index in [1.54, 1.807) is 0 Å². The molecule has 0 unspecified atom stereocenters. The van der Waals surface area contributed by atoms with Gasteiger partial charge in [0.15, 0.2) is 0 Å². The second-order valence-electron chi connectivity index (χ2n) is 8.21. The number of aryl methyl sites for hydroxylation is 1. The Morgan fingerprint density at radius 1 is 0.935 bits per heavy atom. The van der Waals surface area contributed by atoms with Gasteiger partial charge in [0.1, 0.15) is 0 Å². The van der Waals surface area contributed by atoms with Gasteiger partial charge in [0, 0.05) is 26.1 Å². The predicted octanol–water partition coefficient (Wildman–Crippen LogP) is 4.64. The summed E-state index contributed by atoms with van der Waals surface area (Å²) < 4.78 is 0.